The predicted octanol–water partition coefficient (Wildman–Crippen LogP) is 22.5. The Bertz CT molecular complexity index is 5650. The van der Waals surface area contributed by atoms with Crippen molar-refractivity contribution in [2.45, 2.75) is 35.6 Å². The lowest BCUT2D eigenvalue weighted by Gasteiger charge is -2.10. The van der Waals surface area contributed by atoms with Crippen molar-refractivity contribution in [2.75, 3.05) is 33.7 Å². The normalized spacial score (nSPS) is 9.97. The highest BCUT2D eigenvalue weighted by Crippen LogP contribution is 2.32. The number of rotatable bonds is 21. The molecule has 7 aromatic heterocycles. The Morgan fingerprint density at radius 3 is 1.00 bits per heavy atom. The maximum atomic E-state index is 13.8. The first-order chi connectivity index (χ1) is 56.9. The van der Waals surface area contributed by atoms with Gasteiger partial charge in [0.25, 0.3) is 29.5 Å². The quantitative estimate of drug-likeness (QED) is 0.0447. The van der Waals surface area contributed by atoms with E-state index in [-0.39, 0.29) is 55.8 Å². The molecule has 8 aromatic carbocycles. The zero-order valence-electron chi connectivity index (χ0n) is 63.3. The maximum Gasteiger partial charge on any atom is 0.274 e. The molecule has 15 aromatic rings. The Labute approximate surface area is 696 Å². The van der Waals surface area contributed by atoms with Gasteiger partial charge in [-0.25, -0.2) is 9.37 Å². The molecule has 0 aliphatic carbocycles. The van der Waals surface area contributed by atoms with Crippen LogP contribution in [0.3, 0.4) is 0 Å². The number of anilines is 5. The second-order valence-electron chi connectivity index (χ2n) is 25.0. The van der Waals surface area contributed by atoms with Crippen LogP contribution >= 0.6 is 15.9 Å². The van der Waals surface area contributed by atoms with E-state index in [1.165, 1.54) is 25.4 Å². The molecule has 0 unspecified atom stereocenters. The number of methoxy groups -OCH3 is 1. The third-order valence-corrected chi connectivity index (χ3v) is 16.2. The Morgan fingerprint density at radius 2 is 0.630 bits per heavy atom. The highest BCUT2D eigenvalue weighted by atomic mass is 79.9. The van der Waals surface area contributed by atoms with Gasteiger partial charge in [-0.15, -0.1) is 0 Å². The molecular formula is C94H82BrFN12O11. The lowest BCUT2D eigenvalue weighted by molar-refractivity contribution is 0.101. The highest BCUT2D eigenvalue weighted by Gasteiger charge is 2.15. The lowest BCUT2D eigenvalue weighted by Crippen LogP contribution is -2.13. The molecule has 5 amide bonds. The van der Waals surface area contributed by atoms with Crippen molar-refractivity contribution < 1.29 is 56.8 Å². The predicted molar refractivity (Wildman–Crippen MR) is 463 cm³/mol. The molecule has 25 heteroatoms. The average molecular weight is 1650 g/mol. The Hall–Kier alpha value is -15.6. The standard InChI is InChI=1S/C19H15BrN2O2.C19H15FN2O2.C19H16N2O2.C18H15N3O3.C17H13N3O2.2CH4/c2*1-13-4-2-5-14(8-13)19(23)22-16-9-15(20)10-18(11-16)24-17-6-3-7-21-12-17;1-14-5-2-6-15(11-14)19(22)21-16-7-3-8-17(12-16)23-18-9-4-10-20-13-18;1-23-17-9-3-8-16(21-17)18(22)20-13-5-2-6-14(11-13)24-15-7-4-10-19-12-15;21-17(16-8-1-2-10-19-16)20-13-5-3-6-14(11-13)22-15-7-4-9-18-12-15;;/h2*2-12H,1H3,(H,22,23);2-13H,1H3,(H,21,22);2-12H,1H3,(H,20,22);1-12H,(H,20,21);2*1H4. The van der Waals surface area contributed by atoms with E-state index in [1.807, 2.05) is 118 Å². The molecule has 119 heavy (non-hydrogen) atoms. The molecule has 23 nitrogen and oxygen atoms in total. The maximum absolute atomic E-state index is 13.8. The molecule has 15 rings (SSSR count). The summed E-state index contributed by atoms with van der Waals surface area (Å²) in [6.07, 6.45) is 17.9. The Kier molecular flexibility index (Phi) is 33.3. The van der Waals surface area contributed by atoms with E-state index in [9.17, 15) is 28.4 Å². The van der Waals surface area contributed by atoms with E-state index in [0.29, 0.717) is 108 Å². The van der Waals surface area contributed by atoms with E-state index in [2.05, 4.69) is 77.4 Å². The van der Waals surface area contributed by atoms with Crippen LogP contribution < -0.4 is 55.0 Å². The summed E-state index contributed by atoms with van der Waals surface area (Å²) in [7, 11) is 1.50. The molecule has 0 saturated carbocycles. The number of hydrogen-bond acceptors (Lipinski definition) is 18. The fourth-order valence-electron chi connectivity index (χ4n) is 10.5. The Balaban J connectivity index is 0.000000169. The smallest absolute Gasteiger partial charge is 0.274 e. The van der Waals surface area contributed by atoms with Gasteiger partial charge in [-0.05, 0) is 191 Å². The van der Waals surface area contributed by atoms with E-state index < -0.39 is 5.82 Å². The topological polar surface area (TPSA) is 291 Å². The molecule has 5 N–H and O–H groups in total. The number of aromatic nitrogens is 7. The van der Waals surface area contributed by atoms with Gasteiger partial charge in [0.2, 0.25) is 5.88 Å². The van der Waals surface area contributed by atoms with E-state index in [1.54, 1.807) is 232 Å². The van der Waals surface area contributed by atoms with E-state index in [0.717, 1.165) is 21.2 Å². The third kappa shape index (κ3) is 29.1. The number of hydrogen-bond donors (Lipinski definition) is 5. The van der Waals surface area contributed by atoms with Crippen LogP contribution in [0, 0.1) is 26.6 Å². The molecule has 0 fully saturated rings. The van der Waals surface area contributed by atoms with Crippen LogP contribution in [0.2, 0.25) is 0 Å². The summed E-state index contributed by atoms with van der Waals surface area (Å²) in [5.41, 5.74) is 8.33. The summed E-state index contributed by atoms with van der Waals surface area (Å²) in [6, 6.07) is 81.1. The minimum Gasteiger partial charge on any atom is -0.481 e. The summed E-state index contributed by atoms with van der Waals surface area (Å²) in [4.78, 5) is 89.3. The number of nitrogens with zero attached hydrogens (tertiary/aromatic N) is 7. The molecule has 7 heterocycles. The summed E-state index contributed by atoms with van der Waals surface area (Å²) < 4.78 is 48.0. The fourth-order valence-corrected chi connectivity index (χ4v) is 11.0. The number of aryl methyl sites for hydroxylation is 3. The number of nitrogens with one attached hydrogen (secondary N) is 5. The SMILES string of the molecule is C.C.COc1cccc(C(=O)Nc2cccc(Oc3cccnc3)c2)n1.Cc1cccc(C(=O)Nc2cc(Br)cc(Oc3cccnc3)c2)c1.Cc1cccc(C(=O)Nc2cc(F)cc(Oc3cccnc3)c2)c1.Cc1cccc(C(=O)Nc2cccc(Oc3cccnc3)c2)c1.O=C(Nc1cccc(Oc2cccnc2)c1)c1ccccn1. The van der Waals surface area contributed by atoms with Crippen LogP contribution in [0.4, 0.5) is 32.8 Å². The number of carbonyl (C=O) groups excluding carboxylic acids is 5. The van der Waals surface area contributed by atoms with Gasteiger partial charge in [0, 0.05) is 129 Å². The molecule has 598 valence electrons. The molecule has 0 aliphatic heterocycles. The first-order valence-electron chi connectivity index (χ1n) is 36.0. The number of benzene rings is 8. The monoisotopic (exact) mass is 1650 g/mol. The van der Waals surface area contributed by atoms with Crippen molar-refractivity contribution in [1.82, 2.24) is 34.9 Å². The molecule has 0 bridgehead atoms. The summed E-state index contributed by atoms with van der Waals surface area (Å²) >= 11 is 3.44. The van der Waals surface area contributed by atoms with Gasteiger partial charge in [-0.2, -0.15) is 0 Å². The molecule has 0 atom stereocenters. The Morgan fingerprint density at radius 1 is 0.303 bits per heavy atom. The van der Waals surface area contributed by atoms with Gasteiger partial charge in [-0.3, -0.25) is 53.9 Å². The van der Waals surface area contributed by atoms with Crippen molar-refractivity contribution in [3.8, 4) is 63.4 Å². The van der Waals surface area contributed by atoms with Crippen LogP contribution in [0.25, 0.3) is 0 Å². The van der Waals surface area contributed by atoms with Crippen molar-refractivity contribution in [2.24, 2.45) is 0 Å². The highest BCUT2D eigenvalue weighted by molar-refractivity contribution is 9.10. The molecule has 0 radical (unpaired) electrons. The van der Waals surface area contributed by atoms with Gasteiger partial charge >= 0.3 is 0 Å². The number of carbonyl (C=O) groups is 5. The number of ether oxygens (including phenoxy) is 6. The van der Waals surface area contributed by atoms with Gasteiger partial charge in [0.15, 0.2) is 0 Å². The zero-order chi connectivity index (χ0) is 81.9. The van der Waals surface area contributed by atoms with Gasteiger partial charge in [-0.1, -0.05) is 114 Å². The van der Waals surface area contributed by atoms with Crippen molar-refractivity contribution in [1.29, 1.82) is 0 Å². The van der Waals surface area contributed by atoms with Crippen molar-refractivity contribution in [3.63, 3.8) is 0 Å². The van der Waals surface area contributed by atoms with Crippen LogP contribution in [0.15, 0.2) is 352 Å². The fraction of sp³-hybridized carbons (Fsp3) is 0.0638. The number of pyridine rings is 7. The van der Waals surface area contributed by atoms with Crippen LogP contribution in [0.1, 0.15) is 83.6 Å². The molecular weight excluding hydrogens is 1570 g/mol. The van der Waals surface area contributed by atoms with Crippen LogP contribution in [0.5, 0.6) is 63.4 Å². The minimum atomic E-state index is -0.504. The number of amides is 5. The third-order valence-electron chi connectivity index (χ3n) is 15.8. The number of halogens is 2. The molecule has 0 saturated heterocycles. The second-order valence-corrected chi connectivity index (χ2v) is 26.0. The van der Waals surface area contributed by atoms with Crippen LogP contribution in [-0.4, -0.2) is 71.5 Å². The van der Waals surface area contributed by atoms with Crippen LogP contribution in [-0.2, 0) is 0 Å². The molecule has 0 spiro atoms. The van der Waals surface area contributed by atoms with Gasteiger partial charge in [0.05, 0.1) is 38.1 Å². The van der Waals surface area contributed by atoms with E-state index in [4.69, 9.17) is 28.4 Å². The first kappa shape index (κ1) is 87.3. The largest absolute Gasteiger partial charge is 0.481 e. The lowest BCUT2D eigenvalue weighted by atomic mass is 10.1. The summed E-state index contributed by atoms with van der Waals surface area (Å²) in [5, 5.41) is 14.0. The first-order valence-corrected chi connectivity index (χ1v) is 36.8. The zero-order valence-corrected chi connectivity index (χ0v) is 64.9. The average Bonchev–Trinajstić information content (AvgIpc) is 0.861. The summed E-state index contributed by atoms with van der Waals surface area (Å²) in [5.74, 6) is 4.43. The minimum absolute atomic E-state index is 0. The molecule has 0 aliphatic rings. The van der Waals surface area contributed by atoms with Crippen molar-refractivity contribution in [3.05, 3.63) is 402 Å². The second kappa shape index (κ2) is 45.3. The van der Waals surface area contributed by atoms with Gasteiger partial charge < -0.3 is 55.0 Å². The van der Waals surface area contributed by atoms with Crippen molar-refractivity contribution >= 4 is 73.9 Å². The van der Waals surface area contributed by atoms with Gasteiger partial charge in [0.1, 0.15) is 74.7 Å². The van der Waals surface area contributed by atoms with E-state index >= 15 is 0 Å². The summed E-state index contributed by atoms with van der Waals surface area (Å²) in [6.45, 7) is 5.81.